The third-order valence-corrected chi connectivity index (χ3v) is 5.18. The Morgan fingerprint density at radius 2 is 1.89 bits per heavy atom. The van der Waals surface area contributed by atoms with Crippen LogP contribution in [0.25, 0.3) is 0 Å². The Labute approximate surface area is 165 Å². The fraction of sp³-hybridized carbons (Fsp3) is 0.600. The van der Waals surface area contributed by atoms with Crippen LogP contribution >= 0.6 is 0 Å². The van der Waals surface area contributed by atoms with E-state index in [1.807, 2.05) is 13.8 Å². The zero-order valence-corrected chi connectivity index (χ0v) is 16.8. The molecule has 8 heteroatoms. The number of carbonyl (C=O) groups is 2. The van der Waals surface area contributed by atoms with Crippen LogP contribution < -0.4 is 9.47 Å². The Balaban J connectivity index is 2.40. The van der Waals surface area contributed by atoms with Crippen LogP contribution in [0.5, 0.6) is 11.5 Å². The molecule has 2 N–H and O–H groups in total. The number of hydrogen-bond acceptors (Lipinski definition) is 5. The zero-order chi connectivity index (χ0) is 20.8. The molecular formula is C20H29NO7. The van der Waals surface area contributed by atoms with Gasteiger partial charge in [0.15, 0.2) is 11.5 Å². The van der Waals surface area contributed by atoms with Gasteiger partial charge in [-0.2, -0.15) is 0 Å². The average molecular weight is 395 g/mol. The Kier molecular flexibility index (Phi) is 7.51. The maximum atomic E-state index is 11.9. The summed E-state index contributed by atoms with van der Waals surface area (Å²) in [6.07, 6.45) is -0.261. The number of aliphatic carboxylic acids is 1. The highest BCUT2D eigenvalue weighted by Crippen LogP contribution is 2.46. The normalized spacial score (nSPS) is 21.8. The Bertz CT molecular complexity index is 691. The first-order valence-corrected chi connectivity index (χ1v) is 9.35. The van der Waals surface area contributed by atoms with Crippen molar-refractivity contribution in [3.63, 3.8) is 0 Å². The van der Waals surface area contributed by atoms with E-state index in [0.29, 0.717) is 36.7 Å². The lowest BCUT2D eigenvalue weighted by atomic mass is 9.84. The number of benzene rings is 1. The molecule has 0 bridgehead atoms. The number of rotatable bonds is 9. The molecule has 0 aromatic heterocycles. The average Bonchev–Trinajstić information content (AvgIpc) is 3.06. The summed E-state index contributed by atoms with van der Waals surface area (Å²) in [4.78, 5) is 24.6. The molecule has 1 aromatic rings. The second-order valence-corrected chi connectivity index (χ2v) is 7.24. The molecule has 2 rings (SSSR count). The highest BCUT2D eigenvalue weighted by Gasteiger charge is 2.49. The van der Waals surface area contributed by atoms with Crippen molar-refractivity contribution < 1.29 is 34.0 Å². The van der Waals surface area contributed by atoms with Crippen LogP contribution in [0, 0.1) is 11.8 Å². The van der Waals surface area contributed by atoms with Crippen LogP contribution in [0.2, 0.25) is 0 Å². The summed E-state index contributed by atoms with van der Waals surface area (Å²) in [6.45, 7) is 4.95. The number of likely N-dealkylation sites (tertiary alicyclic amines) is 1. The van der Waals surface area contributed by atoms with Gasteiger partial charge in [0.25, 0.3) is 0 Å². The lowest BCUT2D eigenvalue weighted by molar-refractivity contribution is -0.142. The zero-order valence-electron chi connectivity index (χ0n) is 16.8. The fourth-order valence-corrected chi connectivity index (χ4v) is 3.79. The van der Waals surface area contributed by atoms with E-state index in [2.05, 4.69) is 0 Å². The van der Waals surface area contributed by atoms with Gasteiger partial charge < -0.3 is 24.4 Å². The molecular weight excluding hydrogens is 366 g/mol. The smallest absolute Gasteiger partial charge is 0.408 e. The predicted molar refractivity (Wildman–Crippen MR) is 102 cm³/mol. The van der Waals surface area contributed by atoms with Crippen LogP contribution in [-0.4, -0.2) is 60.7 Å². The van der Waals surface area contributed by atoms with Crippen molar-refractivity contribution >= 4 is 12.1 Å². The van der Waals surface area contributed by atoms with Gasteiger partial charge in [-0.3, -0.25) is 4.90 Å². The van der Waals surface area contributed by atoms with Gasteiger partial charge in [-0.1, -0.05) is 19.9 Å². The monoisotopic (exact) mass is 395 g/mol. The van der Waals surface area contributed by atoms with Crippen molar-refractivity contribution in [2.24, 2.45) is 11.8 Å². The minimum atomic E-state index is -1.24. The van der Waals surface area contributed by atoms with Gasteiger partial charge in [0, 0.05) is 20.1 Å². The van der Waals surface area contributed by atoms with E-state index >= 15 is 0 Å². The molecule has 0 saturated carbocycles. The maximum Gasteiger partial charge on any atom is 0.408 e. The van der Waals surface area contributed by atoms with E-state index in [1.165, 1.54) is 7.11 Å². The summed E-state index contributed by atoms with van der Waals surface area (Å²) in [5, 5.41) is 19.3. The minimum Gasteiger partial charge on any atom is -0.493 e. The van der Waals surface area contributed by atoms with E-state index in [-0.39, 0.29) is 18.3 Å². The summed E-state index contributed by atoms with van der Waals surface area (Å²) in [6, 6.07) is 3.63. The highest BCUT2D eigenvalue weighted by atomic mass is 16.5. The lowest BCUT2D eigenvalue weighted by Crippen LogP contribution is -2.41. The van der Waals surface area contributed by atoms with Crippen LogP contribution in [0.1, 0.15) is 38.3 Å². The first-order chi connectivity index (χ1) is 13.3. The molecule has 8 nitrogen and oxygen atoms in total. The summed E-state index contributed by atoms with van der Waals surface area (Å²) in [5.41, 5.74) is 0.701. The van der Waals surface area contributed by atoms with Crippen molar-refractivity contribution in [1.82, 2.24) is 4.90 Å². The molecule has 3 atom stereocenters. The topological polar surface area (TPSA) is 106 Å². The van der Waals surface area contributed by atoms with Crippen LogP contribution in [-0.2, 0) is 9.53 Å². The highest BCUT2D eigenvalue weighted by molar-refractivity contribution is 5.80. The Morgan fingerprint density at radius 1 is 1.18 bits per heavy atom. The van der Waals surface area contributed by atoms with E-state index < -0.39 is 24.1 Å². The lowest BCUT2D eigenvalue weighted by Gasteiger charge is -2.30. The molecule has 0 spiro atoms. The summed E-state index contributed by atoms with van der Waals surface area (Å²) < 4.78 is 16.2. The molecule has 1 aliphatic heterocycles. The molecule has 1 aromatic carbocycles. The second kappa shape index (κ2) is 9.64. The molecule has 1 amide bonds. The van der Waals surface area contributed by atoms with Crippen molar-refractivity contribution in [3.05, 3.63) is 23.8 Å². The van der Waals surface area contributed by atoms with E-state index in [1.54, 1.807) is 25.3 Å². The maximum absolute atomic E-state index is 11.9. The quantitative estimate of drug-likeness (QED) is 0.618. The Hall–Kier alpha value is -2.48. The third kappa shape index (κ3) is 4.67. The number of methoxy groups -OCH3 is 2. The number of amides is 1. The van der Waals surface area contributed by atoms with Gasteiger partial charge in [0.1, 0.15) is 6.04 Å². The number of carboxylic acids is 1. The van der Waals surface area contributed by atoms with Gasteiger partial charge in [0.05, 0.1) is 19.8 Å². The molecule has 1 fully saturated rings. The van der Waals surface area contributed by atoms with Crippen molar-refractivity contribution in [2.45, 2.75) is 38.8 Å². The summed E-state index contributed by atoms with van der Waals surface area (Å²) in [5.74, 6) is -0.0870. The van der Waals surface area contributed by atoms with Crippen LogP contribution in [0.4, 0.5) is 4.79 Å². The first-order valence-electron chi connectivity index (χ1n) is 9.35. The number of hydrogen-bond donors (Lipinski definition) is 2. The van der Waals surface area contributed by atoms with Crippen molar-refractivity contribution in [1.29, 1.82) is 0 Å². The summed E-state index contributed by atoms with van der Waals surface area (Å²) in [7, 11) is 3.15. The van der Waals surface area contributed by atoms with Gasteiger partial charge in [-0.15, -0.1) is 0 Å². The van der Waals surface area contributed by atoms with E-state index in [0.717, 1.165) is 4.90 Å². The second-order valence-electron chi connectivity index (χ2n) is 7.24. The summed E-state index contributed by atoms with van der Waals surface area (Å²) >= 11 is 0. The molecule has 1 heterocycles. The molecule has 28 heavy (non-hydrogen) atoms. The minimum absolute atomic E-state index is 0.115. The molecule has 0 aliphatic carbocycles. The van der Waals surface area contributed by atoms with Gasteiger partial charge >= 0.3 is 12.1 Å². The van der Waals surface area contributed by atoms with Gasteiger partial charge in [-0.05, 0) is 36.0 Å². The van der Waals surface area contributed by atoms with Crippen LogP contribution in [0.3, 0.4) is 0 Å². The largest absolute Gasteiger partial charge is 0.493 e. The van der Waals surface area contributed by atoms with E-state index in [4.69, 9.17) is 14.2 Å². The van der Waals surface area contributed by atoms with Crippen molar-refractivity contribution in [2.75, 3.05) is 27.4 Å². The number of carboxylic acid groups (broad SMARTS) is 2. The molecule has 156 valence electrons. The first kappa shape index (κ1) is 21.8. The fourth-order valence-electron chi connectivity index (χ4n) is 3.79. The van der Waals surface area contributed by atoms with Gasteiger partial charge in [0.2, 0.25) is 0 Å². The molecule has 0 radical (unpaired) electrons. The van der Waals surface area contributed by atoms with Gasteiger partial charge in [-0.25, -0.2) is 9.59 Å². The third-order valence-electron chi connectivity index (χ3n) is 5.18. The molecule has 0 unspecified atom stereocenters. The Morgan fingerprint density at radius 3 is 2.43 bits per heavy atom. The number of ether oxygens (including phenoxy) is 3. The standard InChI is InChI=1S/C20H29NO7/c1-12(2)14-11-15(19(22)23)21(20(24)25)18(14)13-6-7-16(27-4)17(10-13)28-9-5-8-26-3/h6-7,10,12,14-15,18H,5,8-9,11H2,1-4H3,(H,22,23)(H,24,25)/t14-,15-,18-/m0/s1. The molecule has 1 aliphatic rings. The van der Waals surface area contributed by atoms with Crippen molar-refractivity contribution in [3.8, 4) is 11.5 Å². The SMILES string of the molecule is COCCCOc1cc([C@H]2[C@H](C(C)C)C[C@@H](C(=O)O)N2C(=O)O)ccc1OC. The predicted octanol–water partition coefficient (Wildman–Crippen LogP) is 3.26. The number of nitrogens with zero attached hydrogens (tertiary/aromatic N) is 1. The van der Waals surface area contributed by atoms with Crippen LogP contribution in [0.15, 0.2) is 18.2 Å². The molecule has 1 saturated heterocycles. The van der Waals surface area contributed by atoms with E-state index in [9.17, 15) is 19.8 Å².